The monoisotopic (exact) mass is 327 g/mol. The van der Waals surface area contributed by atoms with E-state index in [9.17, 15) is 0 Å². The van der Waals surface area contributed by atoms with Crippen LogP contribution in [0.25, 0.3) is 0 Å². The number of aromatic nitrogens is 2. The summed E-state index contributed by atoms with van der Waals surface area (Å²) in [6, 6.07) is 2.43. The highest BCUT2D eigenvalue weighted by atomic mass is 79.9. The van der Waals surface area contributed by atoms with Crippen molar-refractivity contribution >= 4 is 27.3 Å². The highest BCUT2D eigenvalue weighted by Crippen LogP contribution is 2.29. The SMILES string of the molecule is CCCNC(c1csc(Br)c1)c1cnn(CC)c1. The van der Waals surface area contributed by atoms with Crippen LogP contribution >= 0.6 is 27.3 Å². The quantitative estimate of drug-likeness (QED) is 0.874. The van der Waals surface area contributed by atoms with Gasteiger partial charge in [0.2, 0.25) is 0 Å². The maximum Gasteiger partial charge on any atom is 0.0701 e. The van der Waals surface area contributed by atoms with E-state index < -0.39 is 0 Å². The molecule has 0 fully saturated rings. The van der Waals surface area contributed by atoms with Gasteiger partial charge < -0.3 is 5.32 Å². The van der Waals surface area contributed by atoms with Crippen LogP contribution in [0.2, 0.25) is 0 Å². The van der Waals surface area contributed by atoms with Crippen molar-refractivity contribution in [1.82, 2.24) is 15.1 Å². The predicted molar refractivity (Wildman–Crippen MR) is 80.1 cm³/mol. The van der Waals surface area contributed by atoms with E-state index in [1.165, 1.54) is 14.9 Å². The van der Waals surface area contributed by atoms with E-state index in [4.69, 9.17) is 0 Å². The predicted octanol–water partition coefficient (Wildman–Crippen LogP) is 3.82. The van der Waals surface area contributed by atoms with Gasteiger partial charge in [-0.1, -0.05) is 6.92 Å². The Kier molecular flexibility index (Phi) is 4.97. The molecule has 18 heavy (non-hydrogen) atoms. The summed E-state index contributed by atoms with van der Waals surface area (Å²) >= 11 is 5.25. The Labute approximate surface area is 120 Å². The molecule has 1 unspecified atom stereocenters. The zero-order valence-corrected chi connectivity index (χ0v) is 13.1. The molecule has 0 radical (unpaired) electrons. The number of aryl methyl sites for hydroxylation is 1. The maximum absolute atomic E-state index is 4.36. The summed E-state index contributed by atoms with van der Waals surface area (Å²) < 4.78 is 3.14. The second-order valence-corrected chi connectivity index (χ2v) is 6.49. The summed E-state index contributed by atoms with van der Waals surface area (Å²) in [7, 11) is 0. The molecule has 0 bridgehead atoms. The number of rotatable bonds is 6. The molecule has 0 aliphatic rings. The zero-order chi connectivity index (χ0) is 13.0. The van der Waals surface area contributed by atoms with Gasteiger partial charge in [-0.3, -0.25) is 4.68 Å². The van der Waals surface area contributed by atoms with E-state index in [1.54, 1.807) is 11.3 Å². The van der Waals surface area contributed by atoms with Gasteiger partial charge in [0, 0.05) is 18.3 Å². The van der Waals surface area contributed by atoms with Gasteiger partial charge >= 0.3 is 0 Å². The fraction of sp³-hybridized carbons (Fsp3) is 0.462. The zero-order valence-electron chi connectivity index (χ0n) is 10.7. The second kappa shape index (κ2) is 6.50. The van der Waals surface area contributed by atoms with E-state index in [0.717, 1.165) is 19.5 Å². The van der Waals surface area contributed by atoms with Gasteiger partial charge in [-0.25, -0.2) is 0 Å². The summed E-state index contributed by atoms with van der Waals surface area (Å²) in [6.45, 7) is 6.21. The molecule has 2 rings (SSSR count). The van der Waals surface area contributed by atoms with E-state index in [-0.39, 0.29) is 6.04 Å². The Morgan fingerprint density at radius 1 is 1.44 bits per heavy atom. The molecule has 0 saturated heterocycles. The first-order valence-electron chi connectivity index (χ1n) is 6.24. The molecule has 2 heterocycles. The van der Waals surface area contributed by atoms with Crippen molar-refractivity contribution in [3.05, 3.63) is 38.8 Å². The van der Waals surface area contributed by atoms with Gasteiger partial charge in [-0.15, -0.1) is 11.3 Å². The molecule has 5 heteroatoms. The van der Waals surface area contributed by atoms with Crippen LogP contribution in [0.3, 0.4) is 0 Å². The third-order valence-electron chi connectivity index (χ3n) is 2.83. The number of hydrogen-bond acceptors (Lipinski definition) is 3. The minimum absolute atomic E-state index is 0.243. The molecule has 0 saturated carbocycles. The molecule has 0 spiro atoms. The lowest BCUT2D eigenvalue weighted by Crippen LogP contribution is -2.22. The molecule has 0 aliphatic heterocycles. The number of thiophene rings is 1. The van der Waals surface area contributed by atoms with Crippen LogP contribution in [-0.4, -0.2) is 16.3 Å². The molecular formula is C13H18BrN3S. The minimum Gasteiger partial charge on any atom is -0.306 e. The van der Waals surface area contributed by atoms with Crippen LogP contribution in [0.1, 0.15) is 37.4 Å². The molecule has 0 amide bonds. The average Bonchev–Trinajstić information content (AvgIpc) is 2.99. The molecular weight excluding hydrogens is 310 g/mol. The van der Waals surface area contributed by atoms with Crippen LogP contribution < -0.4 is 5.32 Å². The summed E-state index contributed by atoms with van der Waals surface area (Å²) in [4.78, 5) is 0. The van der Waals surface area contributed by atoms with Gasteiger partial charge in [0.05, 0.1) is 16.0 Å². The topological polar surface area (TPSA) is 29.9 Å². The molecule has 0 aliphatic carbocycles. The van der Waals surface area contributed by atoms with Crippen LogP contribution in [0.15, 0.2) is 27.6 Å². The highest BCUT2D eigenvalue weighted by molar-refractivity contribution is 9.11. The van der Waals surface area contributed by atoms with Crippen molar-refractivity contribution in [2.24, 2.45) is 0 Å². The van der Waals surface area contributed by atoms with Gasteiger partial charge in [0.25, 0.3) is 0 Å². The second-order valence-electron chi connectivity index (χ2n) is 4.20. The first kappa shape index (κ1) is 13.8. The van der Waals surface area contributed by atoms with Crippen LogP contribution in [-0.2, 0) is 6.54 Å². The van der Waals surface area contributed by atoms with E-state index in [0.29, 0.717) is 0 Å². The Hall–Kier alpha value is -0.650. The number of nitrogens with one attached hydrogen (secondary N) is 1. The van der Waals surface area contributed by atoms with Gasteiger partial charge in [0.1, 0.15) is 0 Å². The average molecular weight is 328 g/mol. The van der Waals surface area contributed by atoms with Crippen molar-refractivity contribution in [2.45, 2.75) is 32.9 Å². The third kappa shape index (κ3) is 3.22. The fourth-order valence-electron chi connectivity index (χ4n) is 1.89. The summed E-state index contributed by atoms with van der Waals surface area (Å²) in [6.07, 6.45) is 5.21. The normalized spacial score (nSPS) is 12.8. The number of halogens is 1. The fourth-order valence-corrected chi connectivity index (χ4v) is 3.09. The van der Waals surface area contributed by atoms with E-state index in [1.807, 2.05) is 10.9 Å². The lowest BCUT2D eigenvalue weighted by Gasteiger charge is -2.15. The van der Waals surface area contributed by atoms with E-state index in [2.05, 4.69) is 57.8 Å². The molecule has 2 aromatic heterocycles. The molecule has 1 N–H and O–H groups in total. The first-order chi connectivity index (χ1) is 8.74. The molecule has 0 aromatic carbocycles. The first-order valence-corrected chi connectivity index (χ1v) is 7.91. The molecule has 2 aromatic rings. The number of nitrogens with zero attached hydrogens (tertiary/aromatic N) is 2. The smallest absolute Gasteiger partial charge is 0.0701 e. The van der Waals surface area contributed by atoms with Crippen molar-refractivity contribution in [2.75, 3.05) is 6.54 Å². The summed E-state index contributed by atoms with van der Waals surface area (Å²) in [5.74, 6) is 0. The Morgan fingerprint density at radius 3 is 2.83 bits per heavy atom. The van der Waals surface area contributed by atoms with Crippen LogP contribution in [0, 0.1) is 0 Å². The van der Waals surface area contributed by atoms with E-state index >= 15 is 0 Å². The summed E-state index contributed by atoms with van der Waals surface area (Å²) in [5, 5.41) is 10.1. The molecule has 3 nitrogen and oxygen atoms in total. The maximum atomic E-state index is 4.36. The largest absolute Gasteiger partial charge is 0.306 e. The molecule has 98 valence electrons. The summed E-state index contributed by atoms with van der Waals surface area (Å²) in [5.41, 5.74) is 2.53. The van der Waals surface area contributed by atoms with Crippen molar-refractivity contribution in [3.63, 3.8) is 0 Å². The Balaban J connectivity index is 2.24. The van der Waals surface area contributed by atoms with Gasteiger partial charge in [0.15, 0.2) is 0 Å². The Morgan fingerprint density at radius 2 is 2.28 bits per heavy atom. The van der Waals surface area contributed by atoms with Crippen molar-refractivity contribution < 1.29 is 0 Å². The lowest BCUT2D eigenvalue weighted by molar-refractivity contribution is 0.597. The lowest BCUT2D eigenvalue weighted by atomic mass is 10.1. The van der Waals surface area contributed by atoms with Crippen molar-refractivity contribution in [1.29, 1.82) is 0 Å². The third-order valence-corrected chi connectivity index (χ3v) is 4.35. The standard InChI is InChI=1S/C13H18BrN3S/c1-3-5-15-13(10-6-12(14)18-9-10)11-7-16-17(4-2)8-11/h6-9,13,15H,3-5H2,1-2H3. The van der Waals surface area contributed by atoms with Gasteiger partial charge in [-0.05, 0) is 52.8 Å². The van der Waals surface area contributed by atoms with Gasteiger partial charge in [-0.2, -0.15) is 5.10 Å². The van der Waals surface area contributed by atoms with Crippen LogP contribution in [0.5, 0.6) is 0 Å². The Bertz CT molecular complexity index is 492. The number of hydrogen-bond donors (Lipinski definition) is 1. The van der Waals surface area contributed by atoms with Crippen LogP contribution in [0.4, 0.5) is 0 Å². The molecule has 1 atom stereocenters. The minimum atomic E-state index is 0.243. The van der Waals surface area contributed by atoms with Crippen molar-refractivity contribution in [3.8, 4) is 0 Å². The highest BCUT2D eigenvalue weighted by Gasteiger charge is 2.16.